The smallest absolute Gasteiger partial charge is 0.488 e. The molecular formula is C16H26BNO3. The predicted octanol–water partition coefficient (Wildman–Crippen LogP) is 1.53. The molecule has 0 saturated carbocycles. The summed E-state index contributed by atoms with van der Waals surface area (Å²) < 4.78 is 5.27. The predicted molar refractivity (Wildman–Crippen MR) is 85.8 cm³/mol. The van der Waals surface area contributed by atoms with Crippen molar-refractivity contribution in [2.24, 2.45) is 0 Å². The minimum Gasteiger partial charge on any atom is -0.497 e. The fourth-order valence-electron chi connectivity index (χ4n) is 3.25. The van der Waals surface area contributed by atoms with Gasteiger partial charge < -0.3 is 14.8 Å². The number of likely N-dealkylation sites (tertiary alicyclic amines) is 1. The van der Waals surface area contributed by atoms with E-state index in [1.807, 2.05) is 6.07 Å². The van der Waals surface area contributed by atoms with Crippen LogP contribution < -0.4 is 10.2 Å². The summed E-state index contributed by atoms with van der Waals surface area (Å²) in [6.07, 6.45) is 6.17. The molecule has 1 aliphatic rings. The maximum absolute atomic E-state index is 9.56. The molecule has 0 bridgehead atoms. The van der Waals surface area contributed by atoms with Crippen LogP contribution in [0.25, 0.3) is 0 Å². The lowest BCUT2D eigenvalue weighted by molar-refractivity contribution is 0.131. The van der Waals surface area contributed by atoms with E-state index in [9.17, 15) is 10.0 Å². The van der Waals surface area contributed by atoms with E-state index in [4.69, 9.17) is 4.74 Å². The number of nitrogens with zero attached hydrogens (tertiary/aromatic N) is 1. The fraction of sp³-hybridized carbons (Fsp3) is 0.625. The van der Waals surface area contributed by atoms with E-state index in [0.717, 1.165) is 24.4 Å². The van der Waals surface area contributed by atoms with E-state index in [1.165, 1.54) is 32.1 Å². The van der Waals surface area contributed by atoms with Gasteiger partial charge >= 0.3 is 7.12 Å². The van der Waals surface area contributed by atoms with Gasteiger partial charge in [0.25, 0.3) is 0 Å². The van der Waals surface area contributed by atoms with Crippen molar-refractivity contribution in [3.8, 4) is 5.75 Å². The lowest BCUT2D eigenvalue weighted by Crippen LogP contribution is -2.42. The van der Waals surface area contributed by atoms with Crippen LogP contribution in [0, 0.1) is 0 Å². The molecule has 21 heavy (non-hydrogen) atoms. The number of piperidine rings is 1. The molecule has 1 heterocycles. The Morgan fingerprint density at radius 2 is 2.14 bits per heavy atom. The van der Waals surface area contributed by atoms with E-state index in [-0.39, 0.29) is 0 Å². The van der Waals surface area contributed by atoms with Gasteiger partial charge in [-0.05, 0) is 49.0 Å². The van der Waals surface area contributed by atoms with Crippen LogP contribution in [0.5, 0.6) is 5.75 Å². The molecule has 0 radical (unpaired) electrons. The first kappa shape index (κ1) is 16.3. The van der Waals surface area contributed by atoms with Gasteiger partial charge in [0.2, 0.25) is 0 Å². The van der Waals surface area contributed by atoms with Crippen LogP contribution in [0.4, 0.5) is 0 Å². The molecule has 1 saturated heterocycles. The summed E-state index contributed by atoms with van der Waals surface area (Å²) in [5.74, 6) is 0.762. The molecule has 0 aliphatic carbocycles. The van der Waals surface area contributed by atoms with Gasteiger partial charge in [0.1, 0.15) is 5.75 Å². The molecule has 1 aromatic rings. The van der Waals surface area contributed by atoms with Gasteiger partial charge in [-0.3, -0.25) is 4.90 Å². The average molecular weight is 291 g/mol. The zero-order valence-electron chi connectivity index (χ0n) is 13.1. The highest BCUT2D eigenvalue weighted by atomic mass is 16.5. The minimum absolute atomic E-state index is 0.580. The van der Waals surface area contributed by atoms with Gasteiger partial charge in [-0.15, -0.1) is 0 Å². The third kappa shape index (κ3) is 4.22. The van der Waals surface area contributed by atoms with Crippen LogP contribution in [-0.4, -0.2) is 41.8 Å². The van der Waals surface area contributed by atoms with Crippen molar-refractivity contribution in [1.82, 2.24) is 4.90 Å². The first-order valence-corrected chi connectivity index (χ1v) is 7.92. The summed E-state index contributed by atoms with van der Waals surface area (Å²) in [6.45, 7) is 4.07. The lowest BCUT2D eigenvalue weighted by atomic mass is 9.76. The first-order chi connectivity index (χ1) is 10.2. The number of ether oxygens (including phenoxy) is 1. The summed E-state index contributed by atoms with van der Waals surface area (Å²) in [5.41, 5.74) is 1.53. The molecule has 2 rings (SSSR count). The highest BCUT2D eigenvalue weighted by molar-refractivity contribution is 6.59. The lowest BCUT2D eigenvalue weighted by Gasteiger charge is -2.36. The highest BCUT2D eigenvalue weighted by Gasteiger charge is 2.24. The molecule has 1 aromatic carbocycles. The fourth-order valence-corrected chi connectivity index (χ4v) is 3.25. The van der Waals surface area contributed by atoms with Gasteiger partial charge in [-0.1, -0.05) is 25.8 Å². The summed E-state index contributed by atoms with van der Waals surface area (Å²) in [5, 5.41) is 19.1. The molecule has 0 aromatic heterocycles. The molecule has 5 heteroatoms. The Labute approximate surface area is 127 Å². The second kappa shape index (κ2) is 7.83. The molecule has 0 spiro atoms. The molecule has 0 amide bonds. The van der Waals surface area contributed by atoms with Crippen LogP contribution in [0.15, 0.2) is 18.2 Å². The van der Waals surface area contributed by atoms with E-state index >= 15 is 0 Å². The van der Waals surface area contributed by atoms with Crippen molar-refractivity contribution >= 4 is 12.6 Å². The number of benzene rings is 1. The molecule has 1 atom stereocenters. The van der Waals surface area contributed by atoms with Gasteiger partial charge in [-0.25, -0.2) is 0 Å². The molecule has 1 aliphatic heterocycles. The number of methoxy groups -OCH3 is 1. The van der Waals surface area contributed by atoms with Crippen molar-refractivity contribution in [3.05, 3.63) is 23.8 Å². The third-order valence-electron chi connectivity index (χ3n) is 4.37. The second-order valence-corrected chi connectivity index (χ2v) is 5.85. The number of hydrogen-bond donors (Lipinski definition) is 2. The van der Waals surface area contributed by atoms with Gasteiger partial charge in [0, 0.05) is 12.6 Å². The Kier molecular flexibility index (Phi) is 6.09. The van der Waals surface area contributed by atoms with Crippen LogP contribution in [0.2, 0.25) is 0 Å². The topological polar surface area (TPSA) is 52.9 Å². The van der Waals surface area contributed by atoms with Crippen molar-refractivity contribution in [3.63, 3.8) is 0 Å². The Morgan fingerprint density at radius 1 is 1.33 bits per heavy atom. The van der Waals surface area contributed by atoms with Crippen molar-refractivity contribution < 1.29 is 14.8 Å². The van der Waals surface area contributed by atoms with Crippen LogP contribution in [0.1, 0.15) is 44.6 Å². The maximum Gasteiger partial charge on any atom is 0.488 e. The Hall–Kier alpha value is -1.04. The second-order valence-electron chi connectivity index (χ2n) is 5.85. The monoisotopic (exact) mass is 291 g/mol. The molecule has 4 nitrogen and oxygen atoms in total. The Balaban J connectivity index is 2.19. The zero-order chi connectivity index (χ0) is 15.2. The Morgan fingerprint density at radius 3 is 2.81 bits per heavy atom. The van der Waals surface area contributed by atoms with Crippen LogP contribution >= 0.6 is 0 Å². The number of hydrogen-bond acceptors (Lipinski definition) is 4. The zero-order valence-corrected chi connectivity index (χ0v) is 13.1. The SMILES string of the molecule is CCCC1CCCCN1Cc1cc(OC)ccc1B(O)O. The standard InChI is InChI=1S/C16H26BNO3/c1-3-6-14-7-4-5-10-18(14)12-13-11-15(21-2)8-9-16(13)17(19)20/h8-9,11,14,19-20H,3-7,10,12H2,1-2H3. The summed E-state index contributed by atoms with van der Waals surface area (Å²) in [4.78, 5) is 2.48. The van der Waals surface area contributed by atoms with E-state index in [0.29, 0.717) is 11.5 Å². The van der Waals surface area contributed by atoms with Gasteiger partial charge in [-0.2, -0.15) is 0 Å². The molecule has 1 fully saturated rings. The normalized spacial score (nSPS) is 19.5. The maximum atomic E-state index is 9.56. The van der Waals surface area contributed by atoms with Crippen LogP contribution in [-0.2, 0) is 6.54 Å². The Bertz CT molecular complexity index is 451. The minimum atomic E-state index is -1.43. The first-order valence-electron chi connectivity index (χ1n) is 7.92. The third-order valence-corrected chi connectivity index (χ3v) is 4.37. The molecule has 116 valence electrons. The average Bonchev–Trinajstić information content (AvgIpc) is 2.49. The molecule has 2 N–H and O–H groups in total. The number of rotatable bonds is 6. The van der Waals surface area contributed by atoms with Gasteiger partial charge in [0.15, 0.2) is 0 Å². The van der Waals surface area contributed by atoms with E-state index in [1.54, 1.807) is 19.2 Å². The van der Waals surface area contributed by atoms with E-state index < -0.39 is 7.12 Å². The highest BCUT2D eigenvalue weighted by Crippen LogP contribution is 2.23. The quantitative estimate of drug-likeness (QED) is 0.781. The largest absolute Gasteiger partial charge is 0.497 e. The van der Waals surface area contributed by atoms with Crippen molar-refractivity contribution in [1.29, 1.82) is 0 Å². The van der Waals surface area contributed by atoms with E-state index in [2.05, 4.69) is 11.8 Å². The summed E-state index contributed by atoms with van der Waals surface area (Å²) in [7, 11) is 0.204. The van der Waals surface area contributed by atoms with Crippen molar-refractivity contribution in [2.45, 2.75) is 51.6 Å². The van der Waals surface area contributed by atoms with Crippen molar-refractivity contribution in [2.75, 3.05) is 13.7 Å². The summed E-state index contributed by atoms with van der Waals surface area (Å²) in [6, 6.07) is 6.06. The molecule has 1 unspecified atom stereocenters. The van der Waals surface area contributed by atoms with Gasteiger partial charge in [0.05, 0.1) is 7.11 Å². The molecular weight excluding hydrogens is 265 g/mol. The van der Waals surface area contributed by atoms with Crippen LogP contribution in [0.3, 0.4) is 0 Å². The summed E-state index contributed by atoms with van der Waals surface area (Å²) >= 11 is 0.